The number of fused-ring (bicyclic) bond motifs is 1. The van der Waals surface area contributed by atoms with E-state index < -0.39 is 5.91 Å². The Morgan fingerprint density at radius 2 is 1.88 bits per heavy atom. The highest BCUT2D eigenvalue weighted by molar-refractivity contribution is 6.05. The molecule has 0 radical (unpaired) electrons. The van der Waals surface area contributed by atoms with E-state index in [1.54, 1.807) is 24.3 Å². The average Bonchev–Trinajstić information content (AvgIpc) is 3.29. The van der Waals surface area contributed by atoms with Crippen molar-refractivity contribution in [2.24, 2.45) is 0 Å². The number of carbonyl (C=O) groups is 2. The van der Waals surface area contributed by atoms with Gasteiger partial charge in [-0.05, 0) is 37.1 Å². The van der Waals surface area contributed by atoms with Crippen LogP contribution in [0.2, 0.25) is 0 Å². The van der Waals surface area contributed by atoms with E-state index in [2.05, 4.69) is 15.6 Å². The number of anilines is 1. The molecule has 1 saturated carbocycles. The number of carbonyl (C=O) groups excluding carboxylic acids is 2. The molecule has 7 heteroatoms. The molecule has 0 atom stereocenters. The number of hydrogen-bond acceptors (Lipinski definition) is 5. The number of nitrogens with one attached hydrogen (secondary N) is 2. The van der Waals surface area contributed by atoms with Gasteiger partial charge in [0.25, 0.3) is 11.8 Å². The van der Waals surface area contributed by atoms with Crippen molar-refractivity contribution in [3.8, 4) is 11.5 Å². The van der Waals surface area contributed by atoms with Crippen LogP contribution in [0.25, 0.3) is 0 Å². The van der Waals surface area contributed by atoms with Crippen molar-refractivity contribution >= 4 is 17.5 Å². The van der Waals surface area contributed by atoms with E-state index in [9.17, 15) is 9.59 Å². The van der Waals surface area contributed by atoms with Crippen LogP contribution in [0.15, 0.2) is 36.5 Å². The Hall–Kier alpha value is -3.09. The molecule has 7 nitrogen and oxygen atoms in total. The fourth-order valence-electron chi connectivity index (χ4n) is 2.36. The molecule has 2 heterocycles. The molecular weight excluding hydrogens is 310 g/mol. The molecule has 2 aromatic rings. The molecule has 1 fully saturated rings. The highest BCUT2D eigenvalue weighted by Gasteiger charge is 2.24. The largest absolute Gasteiger partial charge is 0.454 e. The molecule has 2 aliphatic rings. The Morgan fingerprint density at radius 1 is 1.04 bits per heavy atom. The maximum atomic E-state index is 12.3. The van der Waals surface area contributed by atoms with Gasteiger partial charge in [0.1, 0.15) is 5.69 Å². The van der Waals surface area contributed by atoms with Crippen LogP contribution >= 0.6 is 0 Å². The monoisotopic (exact) mass is 325 g/mol. The quantitative estimate of drug-likeness (QED) is 0.897. The summed E-state index contributed by atoms with van der Waals surface area (Å²) in [6, 6.07) is 8.47. The van der Waals surface area contributed by atoms with Gasteiger partial charge in [-0.3, -0.25) is 14.6 Å². The first-order chi connectivity index (χ1) is 11.7. The first-order valence-electron chi connectivity index (χ1n) is 7.67. The molecule has 2 amide bonds. The molecule has 4 rings (SSSR count). The third-order valence-corrected chi connectivity index (χ3v) is 3.80. The van der Waals surface area contributed by atoms with Crippen molar-refractivity contribution in [3.63, 3.8) is 0 Å². The van der Waals surface area contributed by atoms with Crippen molar-refractivity contribution in [2.45, 2.75) is 18.9 Å². The smallest absolute Gasteiger partial charge is 0.274 e. The summed E-state index contributed by atoms with van der Waals surface area (Å²) in [5, 5.41) is 5.62. The molecule has 1 aliphatic carbocycles. The number of ether oxygens (including phenoxy) is 2. The number of nitrogens with zero attached hydrogens (tertiary/aromatic N) is 1. The van der Waals surface area contributed by atoms with E-state index in [-0.39, 0.29) is 24.4 Å². The van der Waals surface area contributed by atoms with E-state index in [4.69, 9.17) is 9.47 Å². The third-order valence-electron chi connectivity index (χ3n) is 3.80. The van der Waals surface area contributed by atoms with Crippen molar-refractivity contribution in [2.75, 3.05) is 12.1 Å². The van der Waals surface area contributed by atoms with Crippen molar-refractivity contribution < 1.29 is 19.1 Å². The standard InChI is InChI=1S/C17H15N3O4/c21-16(19-11-1-2-11)10-5-6-18-13(7-10)17(22)20-12-3-4-14-15(8-12)24-9-23-14/h3-8,11H,1-2,9H2,(H,19,21)(H,20,22). The molecule has 1 aromatic carbocycles. The van der Waals surface area contributed by atoms with Crippen molar-refractivity contribution in [1.82, 2.24) is 10.3 Å². The maximum Gasteiger partial charge on any atom is 0.274 e. The molecule has 0 saturated heterocycles. The molecular formula is C17H15N3O4. The first-order valence-corrected chi connectivity index (χ1v) is 7.67. The SMILES string of the molecule is O=C(NC1CC1)c1ccnc(C(=O)Nc2ccc3c(c2)OCO3)c1. The summed E-state index contributed by atoms with van der Waals surface area (Å²) >= 11 is 0. The zero-order valence-corrected chi connectivity index (χ0v) is 12.7. The zero-order chi connectivity index (χ0) is 16.5. The minimum absolute atomic E-state index is 0.173. The van der Waals surface area contributed by atoms with Gasteiger partial charge in [0.15, 0.2) is 11.5 Å². The lowest BCUT2D eigenvalue weighted by Crippen LogP contribution is -2.26. The Morgan fingerprint density at radius 3 is 2.71 bits per heavy atom. The number of pyridine rings is 1. The number of aromatic nitrogens is 1. The fourth-order valence-corrected chi connectivity index (χ4v) is 2.36. The Balaban J connectivity index is 1.48. The molecule has 2 N–H and O–H groups in total. The van der Waals surface area contributed by atoms with Gasteiger partial charge in [0, 0.05) is 29.6 Å². The second kappa shape index (κ2) is 5.84. The second-order valence-corrected chi connectivity index (χ2v) is 5.70. The van der Waals surface area contributed by atoms with Gasteiger partial charge in [0.05, 0.1) is 0 Å². The number of amides is 2. The topological polar surface area (TPSA) is 89.6 Å². The molecule has 1 aliphatic heterocycles. The van der Waals surface area contributed by atoms with Crippen LogP contribution in [0.4, 0.5) is 5.69 Å². The summed E-state index contributed by atoms with van der Waals surface area (Å²) in [5.74, 6) is 0.648. The van der Waals surface area contributed by atoms with Crippen LogP contribution < -0.4 is 20.1 Å². The van der Waals surface area contributed by atoms with Gasteiger partial charge in [-0.25, -0.2) is 0 Å². The Kier molecular flexibility index (Phi) is 3.53. The van der Waals surface area contributed by atoms with Crippen LogP contribution in [0, 0.1) is 0 Å². The van der Waals surface area contributed by atoms with Crippen LogP contribution in [-0.2, 0) is 0 Å². The lowest BCUT2D eigenvalue weighted by atomic mass is 10.2. The molecule has 0 spiro atoms. The summed E-state index contributed by atoms with van der Waals surface area (Å²) in [6.07, 6.45) is 3.47. The second-order valence-electron chi connectivity index (χ2n) is 5.70. The van der Waals surface area contributed by atoms with E-state index in [0.29, 0.717) is 22.7 Å². The summed E-state index contributed by atoms with van der Waals surface area (Å²) in [6.45, 7) is 0.173. The maximum absolute atomic E-state index is 12.3. The Labute approximate surface area is 138 Å². The van der Waals surface area contributed by atoms with Gasteiger partial charge in [-0.2, -0.15) is 0 Å². The average molecular weight is 325 g/mol. The third kappa shape index (κ3) is 3.01. The highest BCUT2D eigenvalue weighted by Crippen LogP contribution is 2.34. The van der Waals surface area contributed by atoms with Crippen LogP contribution in [0.3, 0.4) is 0 Å². The van der Waals surface area contributed by atoms with Gasteiger partial charge in [-0.15, -0.1) is 0 Å². The van der Waals surface area contributed by atoms with Crippen LogP contribution in [0.1, 0.15) is 33.7 Å². The summed E-state index contributed by atoms with van der Waals surface area (Å²) < 4.78 is 10.5. The van der Waals surface area contributed by atoms with Gasteiger partial charge < -0.3 is 20.1 Å². The normalized spacial score (nSPS) is 15.0. The number of rotatable bonds is 4. The van der Waals surface area contributed by atoms with Crippen LogP contribution in [-0.4, -0.2) is 29.6 Å². The zero-order valence-electron chi connectivity index (χ0n) is 12.7. The fraction of sp³-hybridized carbons (Fsp3) is 0.235. The van der Waals surface area contributed by atoms with Crippen LogP contribution in [0.5, 0.6) is 11.5 Å². The summed E-state index contributed by atoms with van der Waals surface area (Å²) in [4.78, 5) is 28.4. The van der Waals surface area contributed by atoms with Gasteiger partial charge in [0.2, 0.25) is 6.79 Å². The van der Waals surface area contributed by atoms with E-state index in [1.807, 2.05) is 0 Å². The minimum atomic E-state index is -0.394. The van der Waals surface area contributed by atoms with Crippen molar-refractivity contribution in [3.05, 3.63) is 47.8 Å². The molecule has 24 heavy (non-hydrogen) atoms. The lowest BCUT2D eigenvalue weighted by Gasteiger charge is -2.07. The minimum Gasteiger partial charge on any atom is -0.454 e. The van der Waals surface area contributed by atoms with Gasteiger partial charge >= 0.3 is 0 Å². The Bertz CT molecular complexity index is 817. The highest BCUT2D eigenvalue weighted by atomic mass is 16.7. The number of hydrogen-bond donors (Lipinski definition) is 2. The number of benzene rings is 1. The predicted octanol–water partition coefficient (Wildman–Crippen LogP) is 1.95. The van der Waals surface area contributed by atoms with E-state index in [0.717, 1.165) is 12.8 Å². The lowest BCUT2D eigenvalue weighted by molar-refractivity contribution is 0.0951. The first kappa shape index (κ1) is 14.5. The molecule has 122 valence electrons. The predicted molar refractivity (Wildman–Crippen MR) is 85.2 cm³/mol. The molecule has 0 bridgehead atoms. The summed E-state index contributed by atoms with van der Waals surface area (Å²) in [5.41, 5.74) is 1.17. The van der Waals surface area contributed by atoms with Crippen molar-refractivity contribution in [1.29, 1.82) is 0 Å². The summed E-state index contributed by atoms with van der Waals surface area (Å²) in [7, 11) is 0. The molecule has 0 unspecified atom stereocenters. The van der Waals surface area contributed by atoms with Gasteiger partial charge in [-0.1, -0.05) is 0 Å². The van der Waals surface area contributed by atoms with E-state index >= 15 is 0 Å². The molecule has 1 aromatic heterocycles. The van der Waals surface area contributed by atoms with E-state index in [1.165, 1.54) is 12.3 Å².